The second-order valence-electron chi connectivity index (χ2n) is 7.50. The lowest BCUT2D eigenvalue weighted by molar-refractivity contribution is -0.136. The summed E-state index contributed by atoms with van der Waals surface area (Å²) >= 11 is 0. The van der Waals surface area contributed by atoms with Crippen molar-refractivity contribution in [3.63, 3.8) is 0 Å². The SMILES string of the molecule is Cc1noc(-c2ccc(-c3ccc(CC(=O)O)cc3)cc2)c1NC(=O)OCc1ccccc1. The fourth-order valence-electron chi connectivity index (χ4n) is 3.38. The van der Waals surface area contributed by atoms with Crippen LogP contribution in [0.15, 0.2) is 83.4 Å². The van der Waals surface area contributed by atoms with E-state index in [-0.39, 0.29) is 13.0 Å². The minimum atomic E-state index is -0.859. The van der Waals surface area contributed by atoms with Gasteiger partial charge in [-0.2, -0.15) is 0 Å². The molecule has 0 aliphatic rings. The highest BCUT2D eigenvalue weighted by molar-refractivity contribution is 5.91. The lowest BCUT2D eigenvalue weighted by atomic mass is 10.0. The van der Waals surface area contributed by atoms with Gasteiger partial charge in [0.15, 0.2) is 5.76 Å². The van der Waals surface area contributed by atoms with E-state index >= 15 is 0 Å². The highest BCUT2D eigenvalue weighted by Crippen LogP contribution is 2.32. The summed E-state index contributed by atoms with van der Waals surface area (Å²) in [5.41, 5.74) is 5.32. The maximum Gasteiger partial charge on any atom is 0.412 e. The molecule has 2 N–H and O–H groups in total. The Labute approximate surface area is 190 Å². The maximum absolute atomic E-state index is 12.3. The molecule has 4 rings (SSSR count). The zero-order valence-electron chi connectivity index (χ0n) is 17.9. The minimum absolute atomic E-state index is 0.00633. The van der Waals surface area contributed by atoms with Crippen LogP contribution in [0.25, 0.3) is 22.5 Å². The summed E-state index contributed by atoms with van der Waals surface area (Å²) < 4.78 is 10.8. The summed E-state index contributed by atoms with van der Waals surface area (Å²) in [6, 6.07) is 24.4. The van der Waals surface area contributed by atoms with Crippen molar-refractivity contribution in [1.29, 1.82) is 0 Å². The number of anilines is 1. The number of nitrogens with zero attached hydrogens (tertiary/aromatic N) is 1. The lowest BCUT2D eigenvalue weighted by Crippen LogP contribution is -2.14. The molecule has 1 heterocycles. The molecular weight excluding hydrogens is 420 g/mol. The summed E-state index contributed by atoms with van der Waals surface area (Å²) in [6.45, 7) is 1.90. The van der Waals surface area contributed by atoms with Crippen molar-refractivity contribution in [2.24, 2.45) is 0 Å². The van der Waals surface area contributed by atoms with Crippen molar-refractivity contribution >= 4 is 17.7 Å². The summed E-state index contributed by atoms with van der Waals surface area (Å²) in [5, 5.41) is 15.6. The molecule has 0 fully saturated rings. The zero-order chi connectivity index (χ0) is 23.2. The molecule has 33 heavy (non-hydrogen) atoms. The van der Waals surface area contributed by atoms with E-state index in [2.05, 4.69) is 10.5 Å². The zero-order valence-corrected chi connectivity index (χ0v) is 17.9. The lowest BCUT2D eigenvalue weighted by Gasteiger charge is -2.08. The predicted molar refractivity (Wildman–Crippen MR) is 124 cm³/mol. The quantitative estimate of drug-likeness (QED) is 0.381. The first-order valence-electron chi connectivity index (χ1n) is 10.3. The normalized spacial score (nSPS) is 10.6. The van der Waals surface area contributed by atoms with E-state index in [1.54, 1.807) is 19.1 Å². The van der Waals surface area contributed by atoms with Crippen LogP contribution in [-0.2, 0) is 22.6 Å². The molecule has 7 heteroatoms. The van der Waals surface area contributed by atoms with Crippen LogP contribution < -0.4 is 5.32 Å². The third-order valence-corrected chi connectivity index (χ3v) is 5.09. The number of hydrogen-bond acceptors (Lipinski definition) is 5. The maximum atomic E-state index is 12.3. The van der Waals surface area contributed by atoms with E-state index in [1.165, 1.54) is 0 Å². The Morgan fingerprint density at radius 2 is 1.48 bits per heavy atom. The number of nitrogens with one attached hydrogen (secondary N) is 1. The largest absolute Gasteiger partial charge is 0.481 e. The van der Waals surface area contributed by atoms with Crippen molar-refractivity contribution in [3.8, 4) is 22.5 Å². The van der Waals surface area contributed by atoms with E-state index in [9.17, 15) is 9.59 Å². The molecule has 1 amide bonds. The number of rotatable bonds is 7. The molecule has 7 nitrogen and oxygen atoms in total. The van der Waals surface area contributed by atoms with Gasteiger partial charge in [-0.1, -0.05) is 84.0 Å². The van der Waals surface area contributed by atoms with Crippen molar-refractivity contribution < 1.29 is 24.0 Å². The standard InChI is InChI=1S/C26H22N2O5/c1-17-24(27-26(31)32-16-19-5-3-2-4-6-19)25(33-28-17)22-13-11-21(12-14-22)20-9-7-18(8-10-20)15-23(29)30/h2-14H,15-16H2,1H3,(H,27,31)(H,29,30). The number of aryl methyl sites for hydroxylation is 1. The minimum Gasteiger partial charge on any atom is -0.481 e. The highest BCUT2D eigenvalue weighted by Gasteiger charge is 2.18. The van der Waals surface area contributed by atoms with Gasteiger partial charge in [-0.3, -0.25) is 10.1 Å². The summed E-state index contributed by atoms with van der Waals surface area (Å²) in [4.78, 5) is 23.2. The number of carboxylic acids is 1. The average molecular weight is 442 g/mol. The average Bonchev–Trinajstić information content (AvgIpc) is 3.18. The van der Waals surface area contributed by atoms with E-state index in [0.29, 0.717) is 17.1 Å². The molecule has 0 aliphatic carbocycles. The van der Waals surface area contributed by atoms with Crippen LogP contribution in [0.3, 0.4) is 0 Å². The topological polar surface area (TPSA) is 102 Å². The third kappa shape index (κ3) is 5.46. The number of aliphatic carboxylic acids is 1. The Balaban J connectivity index is 1.46. The van der Waals surface area contributed by atoms with E-state index in [0.717, 1.165) is 27.8 Å². The molecular formula is C26H22N2O5. The van der Waals surface area contributed by atoms with Crippen LogP contribution in [-0.4, -0.2) is 22.3 Å². The van der Waals surface area contributed by atoms with E-state index in [1.807, 2.05) is 66.7 Å². The van der Waals surface area contributed by atoms with Crippen LogP contribution in [0.5, 0.6) is 0 Å². The van der Waals surface area contributed by atoms with E-state index < -0.39 is 12.1 Å². The van der Waals surface area contributed by atoms with Crippen LogP contribution in [0.1, 0.15) is 16.8 Å². The summed E-state index contributed by atoms with van der Waals surface area (Å²) in [6.07, 6.45) is -0.599. The number of aromatic nitrogens is 1. The Hall–Kier alpha value is -4.39. The summed E-state index contributed by atoms with van der Waals surface area (Å²) in [7, 11) is 0. The number of ether oxygens (including phenoxy) is 1. The number of hydrogen-bond donors (Lipinski definition) is 2. The molecule has 0 aliphatic heterocycles. The highest BCUT2D eigenvalue weighted by atomic mass is 16.5. The molecule has 1 aromatic heterocycles. The number of amides is 1. The number of benzene rings is 3. The number of carbonyl (C=O) groups excluding carboxylic acids is 1. The molecule has 0 bridgehead atoms. The van der Waals surface area contributed by atoms with Gasteiger partial charge >= 0.3 is 12.1 Å². The van der Waals surface area contributed by atoms with Gasteiger partial charge in [-0.05, 0) is 29.2 Å². The monoisotopic (exact) mass is 442 g/mol. The Morgan fingerprint density at radius 1 is 0.879 bits per heavy atom. The predicted octanol–water partition coefficient (Wildman–Crippen LogP) is 5.69. The smallest absolute Gasteiger partial charge is 0.412 e. The molecule has 0 spiro atoms. The van der Waals surface area contributed by atoms with Crippen molar-refractivity contribution in [3.05, 3.63) is 95.7 Å². The van der Waals surface area contributed by atoms with Crippen molar-refractivity contribution in [1.82, 2.24) is 5.16 Å². The van der Waals surface area contributed by atoms with Gasteiger partial charge in [0, 0.05) is 5.56 Å². The Bertz CT molecular complexity index is 1250. The van der Waals surface area contributed by atoms with Gasteiger partial charge < -0.3 is 14.4 Å². The van der Waals surface area contributed by atoms with Gasteiger partial charge in [-0.15, -0.1) is 0 Å². The van der Waals surface area contributed by atoms with Gasteiger partial charge in [-0.25, -0.2) is 4.79 Å². The number of carboxylic acid groups (broad SMARTS) is 1. The van der Waals surface area contributed by atoms with Crippen molar-refractivity contribution in [2.75, 3.05) is 5.32 Å². The fourth-order valence-corrected chi connectivity index (χ4v) is 3.38. The van der Waals surface area contributed by atoms with Gasteiger partial charge in [0.1, 0.15) is 18.0 Å². The molecule has 0 unspecified atom stereocenters. The molecule has 166 valence electrons. The second kappa shape index (κ2) is 9.82. The van der Waals surface area contributed by atoms with Crippen LogP contribution in [0, 0.1) is 6.92 Å². The van der Waals surface area contributed by atoms with Gasteiger partial charge in [0.2, 0.25) is 0 Å². The van der Waals surface area contributed by atoms with Gasteiger partial charge in [0.05, 0.1) is 6.42 Å². The Morgan fingerprint density at radius 3 is 2.12 bits per heavy atom. The molecule has 0 atom stereocenters. The molecule has 4 aromatic rings. The first-order valence-corrected chi connectivity index (χ1v) is 10.3. The van der Waals surface area contributed by atoms with Crippen molar-refractivity contribution in [2.45, 2.75) is 20.0 Å². The van der Waals surface area contributed by atoms with Crippen LogP contribution >= 0.6 is 0 Å². The first kappa shape index (κ1) is 21.8. The van der Waals surface area contributed by atoms with E-state index in [4.69, 9.17) is 14.4 Å². The molecule has 3 aromatic carbocycles. The molecule has 0 saturated heterocycles. The van der Waals surface area contributed by atoms with Crippen LogP contribution in [0.2, 0.25) is 0 Å². The fraction of sp³-hybridized carbons (Fsp3) is 0.115. The number of carbonyl (C=O) groups is 2. The Kier molecular flexibility index (Phi) is 6.50. The molecule has 0 radical (unpaired) electrons. The second-order valence-corrected chi connectivity index (χ2v) is 7.50. The summed E-state index contributed by atoms with van der Waals surface area (Å²) in [5.74, 6) is -0.421. The molecule has 0 saturated carbocycles. The van der Waals surface area contributed by atoms with Crippen LogP contribution in [0.4, 0.5) is 10.5 Å². The first-order chi connectivity index (χ1) is 16.0. The van der Waals surface area contributed by atoms with Gasteiger partial charge in [0.25, 0.3) is 0 Å². The third-order valence-electron chi connectivity index (χ3n) is 5.09.